The lowest BCUT2D eigenvalue weighted by molar-refractivity contribution is -0.177. The van der Waals surface area contributed by atoms with E-state index in [0.717, 1.165) is 12.8 Å². The maximum absolute atomic E-state index is 12.7. The van der Waals surface area contributed by atoms with Gasteiger partial charge in [0, 0.05) is 39.0 Å². The Labute approximate surface area is 117 Å². The van der Waals surface area contributed by atoms with Crippen molar-refractivity contribution in [1.82, 2.24) is 4.90 Å². The van der Waals surface area contributed by atoms with Crippen LogP contribution < -0.4 is 5.73 Å². The summed E-state index contributed by atoms with van der Waals surface area (Å²) in [6.45, 7) is 1.40. The fourth-order valence-corrected chi connectivity index (χ4v) is 3.19. The molecule has 2 rings (SSSR count). The largest absolute Gasteiger partial charge is 0.401 e. The molecule has 20 heavy (non-hydrogen) atoms. The quantitative estimate of drug-likeness (QED) is 0.855. The standard InChI is InChI=1S/C13H23F3N2O2/c14-13(15,16)10-18(5-4-17)11-1-6-20-12(9-11)2-7-19-8-3-12/h11H,1-10,17H2. The van der Waals surface area contributed by atoms with E-state index >= 15 is 0 Å². The van der Waals surface area contributed by atoms with E-state index < -0.39 is 12.7 Å². The van der Waals surface area contributed by atoms with Crippen molar-refractivity contribution in [2.24, 2.45) is 5.73 Å². The first-order chi connectivity index (χ1) is 9.44. The highest BCUT2D eigenvalue weighted by Crippen LogP contribution is 2.36. The van der Waals surface area contributed by atoms with Crippen LogP contribution in [0.3, 0.4) is 0 Å². The molecule has 1 spiro atoms. The van der Waals surface area contributed by atoms with Crippen LogP contribution in [0.1, 0.15) is 25.7 Å². The molecule has 118 valence electrons. The minimum absolute atomic E-state index is 0.105. The third-order valence-corrected chi connectivity index (χ3v) is 4.19. The lowest BCUT2D eigenvalue weighted by Gasteiger charge is -2.46. The number of hydrogen-bond acceptors (Lipinski definition) is 4. The molecule has 1 unspecified atom stereocenters. The Balaban J connectivity index is 2.00. The van der Waals surface area contributed by atoms with Crippen molar-refractivity contribution in [1.29, 1.82) is 0 Å². The normalized spacial score (nSPS) is 27.1. The van der Waals surface area contributed by atoms with E-state index in [1.165, 1.54) is 4.90 Å². The predicted molar refractivity (Wildman–Crippen MR) is 68.4 cm³/mol. The SMILES string of the molecule is NCCN(CC(F)(F)F)C1CCOC2(CCOCC2)C1. The first kappa shape index (κ1) is 16.0. The molecule has 7 heteroatoms. The fraction of sp³-hybridized carbons (Fsp3) is 1.00. The number of halogens is 3. The first-order valence-corrected chi connectivity index (χ1v) is 7.17. The Bertz CT molecular complexity index is 301. The summed E-state index contributed by atoms with van der Waals surface area (Å²) in [4.78, 5) is 1.47. The molecular formula is C13H23F3N2O2. The maximum Gasteiger partial charge on any atom is 0.401 e. The van der Waals surface area contributed by atoms with Gasteiger partial charge in [-0.15, -0.1) is 0 Å². The van der Waals surface area contributed by atoms with Crippen LogP contribution >= 0.6 is 0 Å². The van der Waals surface area contributed by atoms with E-state index in [-0.39, 0.29) is 24.7 Å². The van der Waals surface area contributed by atoms with Gasteiger partial charge in [0.2, 0.25) is 0 Å². The van der Waals surface area contributed by atoms with E-state index in [1.807, 2.05) is 0 Å². The molecule has 2 fully saturated rings. The molecule has 0 saturated carbocycles. The van der Waals surface area contributed by atoms with Gasteiger partial charge in [-0.3, -0.25) is 4.90 Å². The Kier molecular flexibility index (Phi) is 5.28. The van der Waals surface area contributed by atoms with Crippen LogP contribution in [0, 0.1) is 0 Å². The van der Waals surface area contributed by atoms with Gasteiger partial charge in [0.1, 0.15) is 0 Å². The van der Waals surface area contributed by atoms with Crippen LogP contribution in [-0.4, -0.2) is 62.2 Å². The minimum atomic E-state index is -4.18. The summed E-state index contributed by atoms with van der Waals surface area (Å²) in [5.74, 6) is 0. The Morgan fingerprint density at radius 3 is 2.50 bits per heavy atom. The van der Waals surface area contributed by atoms with Gasteiger partial charge < -0.3 is 15.2 Å². The van der Waals surface area contributed by atoms with Gasteiger partial charge in [0.15, 0.2) is 0 Å². The maximum atomic E-state index is 12.7. The van der Waals surface area contributed by atoms with Crippen LogP contribution in [0.5, 0.6) is 0 Å². The van der Waals surface area contributed by atoms with Crippen molar-refractivity contribution < 1.29 is 22.6 Å². The van der Waals surface area contributed by atoms with Gasteiger partial charge in [0.05, 0.1) is 12.1 Å². The molecule has 2 aliphatic rings. The zero-order valence-electron chi connectivity index (χ0n) is 11.6. The first-order valence-electron chi connectivity index (χ1n) is 7.17. The summed E-state index contributed by atoms with van der Waals surface area (Å²) in [6.07, 6.45) is -1.36. The highest BCUT2D eigenvalue weighted by atomic mass is 19.4. The number of alkyl halides is 3. The molecule has 2 N–H and O–H groups in total. The van der Waals surface area contributed by atoms with Crippen molar-refractivity contribution in [3.05, 3.63) is 0 Å². The van der Waals surface area contributed by atoms with Gasteiger partial charge in [0.25, 0.3) is 0 Å². The number of nitrogens with zero attached hydrogens (tertiary/aromatic N) is 1. The number of rotatable bonds is 4. The predicted octanol–water partition coefficient (Wildman–Crippen LogP) is 1.54. The molecule has 2 heterocycles. The van der Waals surface area contributed by atoms with Gasteiger partial charge >= 0.3 is 6.18 Å². The second-order valence-corrected chi connectivity index (χ2v) is 5.66. The zero-order chi connectivity index (χ0) is 14.6. The fourth-order valence-electron chi connectivity index (χ4n) is 3.19. The molecule has 0 aromatic heterocycles. The van der Waals surface area contributed by atoms with Gasteiger partial charge in [-0.25, -0.2) is 0 Å². The summed E-state index contributed by atoms with van der Waals surface area (Å²) < 4.78 is 49.3. The van der Waals surface area contributed by atoms with Crippen molar-refractivity contribution in [3.63, 3.8) is 0 Å². The number of nitrogens with two attached hydrogens (primary N) is 1. The zero-order valence-corrected chi connectivity index (χ0v) is 11.6. The molecule has 0 aromatic rings. The summed E-state index contributed by atoms with van der Waals surface area (Å²) in [7, 11) is 0. The van der Waals surface area contributed by atoms with Gasteiger partial charge in [-0.1, -0.05) is 0 Å². The second-order valence-electron chi connectivity index (χ2n) is 5.66. The summed E-state index contributed by atoms with van der Waals surface area (Å²) in [6, 6.07) is -0.105. The molecule has 0 amide bonds. The molecule has 2 aliphatic heterocycles. The number of hydrogen-bond donors (Lipinski definition) is 1. The van der Waals surface area contributed by atoms with Crippen LogP contribution in [0.15, 0.2) is 0 Å². The smallest absolute Gasteiger partial charge is 0.381 e. The molecule has 0 aliphatic carbocycles. The molecule has 4 nitrogen and oxygen atoms in total. The minimum Gasteiger partial charge on any atom is -0.381 e. The van der Waals surface area contributed by atoms with E-state index in [2.05, 4.69) is 0 Å². The van der Waals surface area contributed by atoms with Crippen molar-refractivity contribution >= 4 is 0 Å². The molecule has 0 radical (unpaired) electrons. The third kappa shape index (κ3) is 4.31. The van der Waals surface area contributed by atoms with Gasteiger partial charge in [-0.2, -0.15) is 13.2 Å². The second kappa shape index (κ2) is 6.60. The Hall–Kier alpha value is -0.370. The van der Waals surface area contributed by atoms with E-state index in [0.29, 0.717) is 32.7 Å². The van der Waals surface area contributed by atoms with Crippen LogP contribution in [0.25, 0.3) is 0 Å². The average molecular weight is 296 g/mol. The number of ether oxygens (including phenoxy) is 2. The molecular weight excluding hydrogens is 273 g/mol. The van der Waals surface area contributed by atoms with Crippen LogP contribution in [-0.2, 0) is 9.47 Å². The topological polar surface area (TPSA) is 47.7 Å². The van der Waals surface area contributed by atoms with E-state index in [9.17, 15) is 13.2 Å². The molecule has 0 bridgehead atoms. The van der Waals surface area contributed by atoms with Gasteiger partial charge in [-0.05, 0) is 25.7 Å². The van der Waals surface area contributed by atoms with E-state index in [4.69, 9.17) is 15.2 Å². The van der Waals surface area contributed by atoms with Crippen LogP contribution in [0.2, 0.25) is 0 Å². The summed E-state index contributed by atoms with van der Waals surface area (Å²) >= 11 is 0. The molecule has 1 atom stereocenters. The average Bonchev–Trinajstić information content (AvgIpc) is 2.38. The van der Waals surface area contributed by atoms with Crippen molar-refractivity contribution in [2.75, 3.05) is 39.5 Å². The lowest BCUT2D eigenvalue weighted by atomic mass is 9.83. The highest BCUT2D eigenvalue weighted by molar-refractivity contribution is 4.93. The van der Waals surface area contributed by atoms with Crippen LogP contribution in [0.4, 0.5) is 13.2 Å². The Morgan fingerprint density at radius 1 is 1.20 bits per heavy atom. The van der Waals surface area contributed by atoms with Crippen molar-refractivity contribution in [3.8, 4) is 0 Å². The molecule has 2 saturated heterocycles. The summed E-state index contributed by atoms with van der Waals surface area (Å²) in [5.41, 5.74) is 5.17. The van der Waals surface area contributed by atoms with Crippen molar-refractivity contribution in [2.45, 2.75) is 43.5 Å². The summed E-state index contributed by atoms with van der Waals surface area (Å²) in [5, 5.41) is 0. The third-order valence-electron chi connectivity index (χ3n) is 4.19. The lowest BCUT2D eigenvalue weighted by Crippen LogP contribution is -2.53. The molecule has 0 aromatic carbocycles. The Morgan fingerprint density at radius 2 is 1.90 bits per heavy atom. The highest BCUT2D eigenvalue weighted by Gasteiger charge is 2.42. The van der Waals surface area contributed by atoms with E-state index in [1.54, 1.807) is 0 Å². The monoisotopic (exact) mass is 296 g/mol.